The van der Waals surface area contributed by atoms with Crippen LogP contribution in [0.4, 0.5) is 9.52 Å². The Balaban J connectivity index is 1.90. The van der Waals surface area contributed by atoms with E-state index < -0.39 is 17.8 Å². The normalized spacial score (nSPS) is 10.8. The van der Waals surface area contributed by atoms with Crippen molar-refractivity contribution in [3.05, 3.63) is 59.2 Å². The molecule has 0 aliphatic carbocycles. The van der Waals surface area contributed by atoms with Crippen LogP contribution in [0.3, 0.4) is 0 Å². The lowest BCUT2D eigenvalue weighted by Gasteiger charge is -2.12. The van der Waals surface area contributed by atoms with E-state index in [4.69, 9.17) is 9.47 Å². The number of halogens is 1. The fourth-order valence-corrected chi connectivity index (χ4v) is 3.43. The van der Waals surface area contributed by atoms with Gasteiger partial charge in [-0.1, -0.05) is 0 Å². The average molecular weight is 455 g/mol. The van der Waals surface area contributed by atoms with E-state index in [1.807, 2.05) is 0 Å². The molecule has 0 bridgehead atoms. The summed E-state index contributed by atoms with van der Waals surface area (Å²) in [7, 11) is 0. The summed E-state index contributed by atoms with van der Waals surface area (Å²) in [6, 6.07) is 10.2. The van der Waals surface area contributed by atoms with Crippen LogP contribution in [-0.4, -0.2) is 29.0 Å². The number of esters is 2. The monoisotopic (exact) mass is 455 g/mol. The molecule has 0 radical (unpaired) electrons. The zero-order valence-corrected chi connectivity index (χ0v) is 18.2. The number of aromatic nitrogens is 1. The van der Waals surface area contributed by atoms with Crippen LogP contribution >= 0.6 is 11.3 Å². The van der Waals surface area contributed by atoms with Crippen molar-refractivity contribution in [2.24, 2.45) is 5.10 Å². The second-order valence-electron chi connectivity index (χ2n) is 6.48. The lowest BCUT2D eigenvalue weighted by Crippen LogP contribution is -2.22. The number of nitrogens with zero attached hydrogens (tertiary/aromatic N) is 3. The van der Waals surface area contributed by atoms with Crippen LogP contribution in [0.2, 0.25) is 0 Å². The summed E-state index contributed by atoms with van der Waals surface area (Å²) < 4.78 is 23.3. The number of ether oxygens (including phenoxy) is 2. The smallest absolute Gasteiger partial charge is 0.308 e. The molecule has 0 aliphatic heterocycles. The molecule has 10 heteroatoms. The number of carbonyl (C=O) groups is 3. The Morgan fingerprint density at radius 1 is 1.03 bits per heavy atom. The molecule has 164 valence electrons. The Labute approximate surface area is 186 Å². The first-order chi connectivity index (χ1) is 15.2. The summed E-state index contributed by atoms with van der Waals surface area (Å²) in [5.41, 5.74) is 1.63. The second-order valence-corrected chi connectivity index (χ2v) is 7.32. The molecule has 0 saturated heterocycles. The van der Waals surface area contributed by atoms with E-state index in [0.717, 1.165) is 5.01 Å². The predicted octanol–water partition coefficient (Wildman–Crippen LogP) is 4.19. The fraction of sp³-hybridized carbons (Fsp3) is 0.136. The van der Waals surface area contributed by atoms with E-state index in [2.05, 4.69) is 10.1 Å². The Morgan fingerprint density at radius 2 is 1.72 bits per heavy atom. The molecule has 0 fully saturated rings. The maximum atomic E-state index is 13.2. The predicted molar refractivity (Wildman–Crippen MR) is 117 cm³/mol. The molecule has 3 rings (SSSR count). The minimum atomic E-state index is -0.577. The van der Waals surface area contributed by atoms with Crippen molar-refractivity contribution in [3.8, 4) is 22.8 Å². The highest BCUT2D eigenvalue weighted by atomic mass is 32.1. The molecular formula is C22H18FN3O5S. The van der Waals surface area contributed by atoms with Crippen LogP contribution in [0, 0.1) is 5.82 Å². The van der Waals surface area contributed by atoms with Crippen molar-refractivity contribution in [1.82, 2.24) is 4.98 Å². The van der Waals surface area contributed by atoms with Gasteiger partial charge in [0.1, 0.15) is 17.3 Å². The van der Waals surface area contributed by atoms with Crippen LogP contribution in [0.15, 0.2) is 52.9 Å². The van der Waals surface area contributed by atoms with Crippen LogP contribution in [0.25, 0.3) is 11.3 Å². The number of carbonyl (C=O) groups excluding carboxylic acids is 3. The summed E-state index contributed by atoms with van der Waals surface area (Å²) in [5.74, 6) is -1.56. The Hall–Kier alpha value is -3.92. The number of benzene rings is 2. The molecule has 1 heterocycles. The van der Waals surface area contributed by atoms with Gasteiger partial charge in [-0.3, -0.25) is 14.4 Å². The van der Waals surface area contributed by atoms with Gasteiger partial charge in [0.25, 0.3) is 0 Å². The largest absolute Gasteiger partial charge is 0.427 e. The van der Waals surface area contributed by atoms with E-state index in [9.17, 15) is 18.8 Å². The van der Waals surface area contributed by atoms with E-state index in [1.54, 1.807) is 17.5 Å². The Bertz CT molecular complexity index is 1190. The maximum absolute atomic E-state index is 13.2. The van der Waals surface area contributed by atoms with Gasteiger partial charge in [-0.15, -0.1) is 11.3 Å². The number of hydrazone groups is 1. The molecule has 32 heavy (non-hydrogen) atoms. The molecule has 0 spiro atoms. The average Bonchev–Trinajstić information content (AvgIpc) is 3.18. The van der Waals surface area contributed by atoms with Crippen molar-refractivity contribution in [3.63, 3.8) is 0 Å². The maximum Gasteiger partial charge on any atom is 0.308 e. The second kappa shape index (κ2) is 9.92. The molecule has 0 saturated carbocycles. The number of hydrogen-bond donors (Lipinski definition) is 0. The van der Waals surface area contributed by atoms with Crippen molar-refractivity contribution < 1.29 is 28.2 Å². The first-order valence-corrected chi connectivity index (χ1v) is 10.2. The Kier molecular flexibility index (Phi) is 7.06. The quantitative estimate of drug-likeness (QED) is 0.239. The van der Waals surface area contributed by atoms with E-state index in [1.165, 1.54) is 68.7 Å². The van der Waals surface area contributed by atoms with Gasteiger partial charge >= 0.3 is 11.9 Å². The molecule has 1 amide bonds. The summed E-state index contributed by atoms with van der Waals surface area (Å²) in [6.07, 6.45) is 1.33. The molecule has 1 aromatic heterocycles. The first kappa shape index (κ1) is 22.8. The molecule has 2 aromatic carbocycles. The molecule has 0 unspecified atom stereocenters. The lowest BCUT2D eigenvalue weighted by molar-refractivity contribution is -0.132. The van der Waals surface area contributed by atoms with Crippen LogP contribution < -0.4 is 14.5 Å². The summed E-state index contributed by atoms with van der Waals surface area (Å²) >= 11 is 1.19. The molecule has 0 aliphatic rings. The number of hydrogen-bond acceptors (Lipinski definition) is 8. The number of anilines is 1. The van der Waals surface area contributed by atoms with Crippen molar-refractivity contribution in [2.45, 2.75) is 20.8 Å². The van der Waals surface area contributed by atoms with Gasteiger partial charge in [-0.2, -0.15) is 10.1 Å². The third-order valence-corrected chi connectivity index (χ3v) is 4.74. The van der Waals surface area contributed by atoms with Crippen molar-refractivity contribution >= 4 is 40.5 Å². The summed E-state index contributed by atoms with van der Waals surface area (Å²) in [5, 5.41) is 7.32. The van der Waals surface area contributed by atoms with Gasteiger partial charge in [0.05, 0.1) is 11.9 Å². The highest BCUT2D eigenvalue weighted by molar-refractivity contribution is 7.14. The molecule has 0 atom stereocenters. The van der Waals surface area contributed by atoms with Gasteiger partial charge in [-0.25, -0.2) is 9.37 Å². The van der Waals surface area contributed by atoms with Gasteiger partial charge in [0, 0.05) is 43.3 Å². The summed E-state index contributed by atoms with van der Waals surface area (Å²) in [4.78, 5) is 39.2. The zero-order valence-electron chi connectivity index (χ0n) is 17.4. The topological polar surface area (TPSA) is 98.2 Å². The van der Waals surface area contributed by atoms with E-state index in [-0.39, 0.29) is 17.3 Å². The number of rotatable bonds is 6. The zero-order chi connectivity index (χ0) is 23.3. The highest BCUT2D eigenvalue weighted by Crippen LogP contribution is 2.29. The molecular weight excluding hydrogens is 437 g/mol. The van der Waals surface area contributed by atoms with Crippen LogP contribution in [0.5, 0.6) is 11.5 Å². The van der Waals surface area contributed by atoms with Gasteiger partial charge in [0.15, 0.2) is 0 Å². The Morgan fingerprint density at radius 3 is 2.34 bits per heavy atom. The number of amides is 1. The van der Waals surface area contributed by atoms with Crippen LogP contribution in [-0.2, 0) is 14.4 Å². The minimum absolute atomic E-state index is 0.106. The van der Waals surface area contributed by atoms with Crippen molar-refractivity contribution in [2.75, 3.05) is 5.01 Å². The third kappa shape index (κ3) is 5.82. The molecule has 0 N–H and O–H groups in total. The standard InChI is InChI=1S/C22H18FN3O5S/c1-13(27)26(22-25-20(12-32-22)16-4-7-18(23)8-5-16)24-11-17-6-9-19(30-14(2)28)10-21(17)31-15(3)29/h4-12H,1-3H3. The summed E-state index contributed by atoms with van der Waals surface area (Å²) in [6.45, 7) is 3.81. The van der Waals surface area contributed by atoms with Gasteiger partial charge in [0.2, 0.25) is 11.0 Å². The SMILES string of the molecule is CC(=O)Oc1ccc(C=NN(C(C)=O)c2nc(-c3ccc(F)cc3)cs2)c(OC(C)=O)c1. The third-order valence-electron chi connectivity index (χ3n) is 3.92. The van der Waals surface area contributed by atoms with E-state index >= 15 is 0 Å². The van der Waals surface area contributed by atoms with Crippen LogP contribution in [0.1, 0.15) is 26.3 Å². The lowest BCUT2D eigenvalue weighted by atomic mass is 10.2. The first-order valence-electron chi connectivity index (χ1n) is 9.30. The van der Waals surface area contributed by atoms with Gasteiger partial charge < -0.3 is 9.47 Å². The van der Waals surface area contributed by atoms with Crippen molar-refractivity contribution in [1.29, 1.82) is 0 Å². The minimum Gasteiger partial charge on any atom is -0.427 e. The number of thiazole rings is 1. The highest BCUT2D eigenvalue weighted by Gasteiger charge is 2.16. The fourth-order valence-electron chi connectivity index (χ4n) is 2.59. The van der Waals surface area contributed by atoms with E-state index in [0.29, 0.717) is 22.0 Å². The molecule has 3 aromatic rings. The molecule has 8 nitrogen and oxygen atoms in total. The van der Waals surface area contributed by atoms with Gasteiger partial charge in [-0.05, 0) is 36.4 Å².